The number of aryl methyl sites for hydroxylation is 1. The van der Waals surface area contributed by atoms with Gasteiger partial charge in [-0.15, -0.1) is 0 Å². The molecular weight excluding hydrogens is 294 g/mol. The molecule has 2 N–H and O–H groups in total. The number of likely N-dealkylation sites (N-methyl/N-ethyl adjacent to an activating group) is 1. The standard InChI is InChI=1S/C18H23NO4/c1-3-11-6-14-13(7-18(22)23-17(14)8-15(11)20)9-19(2)10-16(21)12-4-5-12/h6-8,12,16,20-21H,3-5,9-10H2,1-2H3. The smallest absolute Gasteiger partial charge is 0.336 e. The molecule has 0 radical (unpaired) electrons. The maximum atomic E-state index is 11.8. The molecule has 1 atom stereocenters. The Kier molecular flexibility index (Phi) is 4.41. The summed E-state index contributed by atoms with van der Waals surface area (Å²) in [4.78, 5) is 13.8. The van der Waals surface area contributed by atoms with Gasteiger partial charge >= 0.3 is 5.63 Å². The molecule has 1 aliphatic carbocycles. The van der Waals surface area contributed by atoms with Gasteiger partial charge in [-0.2, -0.15) is 0 Å². The van der Waals surface area contributed by atoms with Gasteiger partial charge in [0.1, 0.15) is 11.3 Å². The van der Waals surface area contributed by atoms with Gasteiger partial charge in [-0.25, -0.2) is 4.79 Å². The molecule has 0 aliphatic heterocycles. The number of aromatic hydroxyl groups is 1. The number of hydrogen-bond acceptors (Lipinski definition) is 5. The topological polar surface area (TPSA) is 73.9 Å². The van der Waals surface area contributed by atoms with Crippen molar-refractivity contribution in [2.24, 2.45) is 5.92 Å². The highest BCUT2D eigenvalue weighted by Crippen LogP contribution is 2.33. The van der Waals surface area contributed by atoms with Gasteiger partial charge in [0, 0.05) is 30.6 Å². The van der Waals surface area contributed by atoms with E-state index in [1.165, 1.54) is 12.1 Å². The molecule has 5 heteroatoms. The van der Waals surface area contributed by atoms with Crippen molar-refractivity contribution in [2.75, 3.05) is 13.6 Å². The Bertz CT molecular complexity index is 763. The third-order valence-corrected chi connectivity index (χ3v) is 4.52. The van der Waals surface area contributed by atoms with E-state index in [0.717, 1.165) is 29.4 Å². The van der Waals surface area contributed by atoms with Gasteiger partial charge in [0.2, 0.25) is 0 Å². The second-order valence-electron chi connectivity index (χ2n) is 6.52. The predicted octanol–water partition coefficient (Wildman–Crippen LogP) is 2.26. The number of aliphatic hydroxyl groups excluding tert-OH is 1. The third-order valence-electron chi connectivity index (χ3n) is 4.52. The lowest BCUT2D eigenvalue weighted by atomic mass is 10.0. The first kappa shape index (κ1) is 16.0. The number of fused-ring (bicyclic) bond motifs is 1. The lowest BCUT2D eigenvalue weighted by molar-refractivity contribution is 0.104. The number of phenolic OH excluding ortho intramolecular Hbond substituents is 1. The highest BCUT2D eigenvalue weighted by atomic mass is 16.4. The summed E-state index contributed by atoms with van der Waals surface area (Å²) in [6, 6.07) is 4.89. The monoisotopic (exact) mass is 317 g/mol. The van der Waals surface area contributed by atoms with Gasteiger partial charge in [-0.1, -0.05) is 6.92 Å². The summed E-state index contributed by atoms with van der Waals surface area (Å²) in [5.74, 6) is 0.580. The van der Waals surface area contributed by atoms with Gasteiger partial charge in [0.15, 0.2) is 0 Å². The largest absolute Gasteiger partial charge is 0.508 e. The van der Waals surface area contributed by atoms with E-state index >= 15 is 0 Å². The summed E-state index contributed by atoms with van der Waals surface area (Å²) in [6.07, 6.45) is 2.61. The zero-order valence-corrected chi connectivity index (χ0v) is 13.6. The van der Waals surface area contributed by atoms with Crippen LogP contribution >= 0.6 is 0 Å². The second kappa shape index (κ2) is 6.34. The first-order chi connectivity index (χ1) is 11.0. The Hall–Kier alpha value is -1.85. The van der Waals surface area contributed by atoms with E-state index in [0.29, 0.717) is 31.0 Å². The third kappa shape index (κ3) is 3.57. The first-order valence-electron chi connectivity index (χ1n) is 8.13. The molecule has 1 aromatic carbocycles. The van der Waals surface area contributed by atoms with Crippen molar-refractivity contribution in [1.82, 2.24) is 4.90 Å². The molecule has 2 aromatic rings. The molecule has 1 aromatic heterocycles. The molecule has 0 amide bonds. The molecule has 5 nitrogen and oxygen atoms in total. The molecule has 124 valence electrons. The average molecular weight is 317 g/mol. The number of nitrogens with zero attached hydrogens (tertiary/aromatic N) is 1. The highest BCUT2D eigenvalue weighted by Gasteiger charge is 2.30. The van der Waals surface area contributed by atoms with Crippen molar-refractivity contribution >= 4 is 11.0 Å². The minimum Gasteiger partial charge on any atom is -0.508 e. The van der Waals surface area contributed by atoms with E-state index in [9.17, 15) is 15.0 Å². The Morgan fingerprint density at radius 3 is 2.70 bits per heavy atom. The van der Waals surface area contributed by atoms with Crippen LogP contribution in [-0.4, -0.2) is 34.8 Å². The Morgan fingerprint density at radius 2 is 2.04 bits per heavy atom. The van der Waals surface area contributed by atoms with E-state index in [1.54, 1.807) is 0 Å². The maximum Gasteiger partial charge on any atom is 0.336 e. The van der Waals surface area contributed by atoms with Crippen LogP contribution in [0.15, 0.2) is 27.4 Å². The van der Waals surface area contributed by atoms with Gasteiger partial charge in [-0.3, -0.25) is 4.90 Å². The fourth-order valence-electron chi connectivity index (χ4n) is 3.03. The van der Waals surface area contributed by atoms with Crippen LogP contribution in [0.5, 0.6) is 5.75 Å². The first-order valence-corrected chi connectivity index (χ1v) is 8.13. The minimum absolute atomic E-state index is 0.151. The van der Waals surface area contributed by atoms with E-state index < -0.39 is 5.63 Å². The minimum atomic E-state index is -0.424. The highest BCUT2D eigenvalue weighted by molar-refractivity contribution is 5.82. The fraction of sp³-hybridized carbons (Fsp3) is 0.500. The number of benzene rings is 1. The number of hydrogen-bond donors (Lipinski definition) is 2. The van der Waals surface area contributed by atoms with Crippen LogP contribution in [-0.2, 0) is 13.0 Å². The number of aliphatic hydroxyl groups is 1. The zero-order valence-electron chi connectivity index (χ0n) is 13.6. The van der Waals surface area contributed by atoms with Crippen LogP contribution < -0.4 is 5.63 Å². The van der Waals surface area contributed by atoms with Crippen LogP contribution in [0.2, 0.25) is 0 Å². The summed E-state index contributed by atoms with van der Waals surface area (Å²) < 4.78 is 5.21. The molecule has 1 unspecified atom stereocenters. The molecule has 0 spiro atoms. The summed E-state index contributed by atoms with van der Waals surface area (Å²) in [5, 5.41) is 20.9. The van der Waals surface area contributed by atoms with Crippen molar-refractivity contribution in [3.8, 4) is 5.75 Å². The van der Waals surface area contributed by atoms with Crippen molar-refractivity contribution in [3.05, 3.63) is 39.7 Å². The van der Waals surface area contributed by atoms with Crippen LogP contribution in [0.3, 0.4) is 0 Å². The van der Waals surface area contributed by atoms with Gasteiger partial charge in [-0.05, 0) is 49.4 Å². The Labute approximate surface area is 135 Å². The van der Waals surface area contributed by atoms with Crippen molar-refractivity contribution in [3.63, 3.8) is 0 Å². The quantitative estimate of drug-likeness (QED) is 0.800. The van der Waals surface area contributed by atoms with Crippen molar-refractivity contribution in [2.45, 2.75) is 38.8 Å². The normalized spacial score (nSPS) is 16.2. The number of rotatable bonds is 6. The second-order valence-corrected chi connectivity index (χ2v) is 6.52. The van der Waals surface area contributed by atoms with Crippen LogP contribution in [0.4, 0.5) is 0 Å². The van der Waals surface area contributed by atoms with E-state index in [-0.39, 0.29) is 11.9 Å². The van der Waals surface area contributed by atoms with Gasteiger partial charge in [0.05, 0.1) is 6.10 Å². The molecule has 1 fully saturated rings. The molecule has 0 saturated heterocycles. The Morgan fingerprint density at radius 1 is 1.30 bits per heavy atom. The summed E-state index contributed by atoms with van der Waals surface area (Å²) in [5.41, 5.74) is 1.66. The lowest BCUT2D eigenvalue weighted by Crippen LogP contribution is -2.30. The van der Waals surface area contributed by atoms with Gasteiger partial charge in [0.25, 0.3) is 0 Å². The summed E-state index contributed by atoms with van der Waals surface area (Å²) >= 11 is 0. The molecular formula is C18H23NO4. The van der Waals surface area contributed by atoms with E-state index in [4.69, 9.17) is 4.42 Å². The molecule has 0 bridgehead atoms. The molecule has 1 aliphatic rings. The Balaban J connectivity index is 1.90. The molecule has 1 saturated carbocycles. The van der Waals surface area contributed by atoms with E-state index in [2.05, 4.69) is 0 Å². The zero-order chi connectivity index (χ0) is 16.6. The van der Waals surface area contributed by atoms with Crippen LogP contribution in [0.25, 0.3) is 11.0 Å². The average Bonchev–Trinajstić information content (AvgIpc) is 3.30. The van der Waals surface area contributed by atoms with Gasteiger partial charge < -0.3 is 14.6 Å². The predicted molar refractivity (Wildman–Crippen MR) is 88.6 cm³/mol. The van der Waals surface area contributed by atoms with E-state index in [1.807, 2.05) is 24.9 Å². The van der Waals surface area contributed by atoms with Crippen LogP contribution in [0, 0.1) is 5.92 Å². The van der Waals surface area contributed by atoms with Crippen LogP contribution in [0.1, 0.15) is 30.9 Å². The van der Waals surface area contributed by atoms with Crippen molar-refractivity contribution in [1.29, 1.82) is 0 Å². The molecule has 1 heterocycles. The molecule has 23 heavy (non-hydrogen) atoms. The number of phenols is 1. The van der Waals surface area contributed by atoms with Crippen molar-refractivity contribution < 1.29 is 14.6 Å². The summed E-state index contributed by atoms with van der Waals surface area (Å²) in [6.45, 7) is 3.11. The maximum absolute atomic E-state index is 11.8. The summed E-state index contributed by atoms with van der Waals surface area (Å²) in [7, 11) is 1.94. The molecule has 3 rings (SSSR count). The fourth-order valence-corrected chi connectivity index (χ4v) is 3.03. The SMILES string of the molecule is CCc1cc2c(CN(C)CC(O)C3CC3)cc(=O)oc2cc1O. The lowest BCUT2D eigenvalue weighted by Gasteiger charge is -2.21.